The number of sulfonamides is 2. The zero-order valence-electron chi connectivity index (χ0n) is 18.9. The Kier molecular flexibility index (Phi) is 6.34. The standard InChI is InChI=1S/C22H30N6O4S2/c23-33(29,30)13-16-2-1-9-28(12-16)34(31,32)14-15-3-5-17(6-4-15)21-20-18(11-26-27-21)10-25-22-19(20)7-8-24-22/h7-8,10-11,15-17,27H,1-6,9,12-14H2,(H2,23,29,30). The summed E-state index contributed by atoms with van der Waals surface area (Å²) in [5.74, 6) is 0.0669. The lowest BCUT2D eigenvalue weighted by Crippen LogP contribution is -2.44. The predicted octanol–water partition coefficient (Wildman–Crippen LogP) is 2.11. The van der Waals surface area contributed by atoms with E-state index in [2.05, 4.69) is 20.2 Å². The maximum Gasteiger partial charge on any atom is 0.214 e. The van der Waals surface area contributed by atoms with E-state index in [-0.39, 0.29) is 35.8 Å². The molecule has 1 unspecified atom stereocenters. The van der Waals surface area contributed by atoms with Gasteiger partial charge in [-0.05, 0) is 56.4 Å². The van der Waals surface area contributed by atoms with E-state index in [1.807, 2.05) is 6.07 Å². The number of aromatic nitrogens is 4. The van der Waals surface area contributed by atoms with Gasteiger partial charge in [0.15, 0.2) is 5.65 Å². The minimum atomic E-state index is -3.62. The molecule has 0 radical (unpaired) electrons. The molecule has 0 spiro atoms. The summed E-state index contributed by atoms with van der Waals surface area (Å²) >= 11 is 0. The highest BCUT2D eigenvalue weighted by Gasteiger charge is 2.34. The van der Waals surface area contributed by atoms with Crippen LogP contribution in [0.1, 0.15) is 50.1 Å². The van der Waals surface area contributed by atoms with Crippen LogP contribution >= 0.6 is 0 Å². The lowest BCUT2D eigenvalue weighted by atomic mass is 9.80. The summed E-state index contributed by atoms with van der Waals surface area (Å²) in [6, 6.07) is 1.97. The van der Waals surface area contributed by atoms with Crippen molar-refractivity contribution in [2.24, 2.45) is 17.0 Å². The molecule has 1 atom stereocenters. The van der Waals surface area contributed by atoms with Gasteiger partial charge in [-0.1, -0.05) is 0 Å². The van der Waals surface area contributed by atoms with Gasteiger partial charge in [0.05, 0.1) is 17.7 Å². The summed E-state index contributed by atoms with van der Waals surface area (Å²) in [6.45, 7) is 0.690. The van der Waals surface area contributed by atoms with Crippen LogP contribution in [0.5, 0.6) is 0 Å². The fraction of sp³-hybridized carbons (Fsp3) is 0.591. The zero-order chi connectivity index (χ0) is 23.9. The highest BCUT2D eigenvalue weighted by molar-refractivity contribution is 7.89. The van der Waals surface area contributed by atoms with Crippen LogP contribution in [0, 0.1) is 11.8 Å². The number of nitrogens with zero attached hydrogens (tertiary/aromatic N) is 4. The van der Waals surface area contributed by atoms with Crippen molar-refractivity contribution in [2.75, 3.05) is 24.6 Å². The Morgan fingerprint density at radius 2 is 1.79 bits per heavy atom. The summed E-state index contributed by atoms with van der Waals surface area (Å²) in [5.41, 5.74) is 1.79. The van der Waals surface area contributed by atoms with E-state index in [0.29, 0.717) is 19.4 Å². The van der Waals surface area contributed by atoms with Crippen LogP contribution in [0.25, 0.3) is 21.8 Å². The van der Waals surface area contributed by atoms with Gasteiger partial charge in [-0.2, -0.15) is 5.10 Å². The molecular weight excluding hydrogens is 476 g/mol. The highest BCUT2D eigenvalue weighted by atomic mass is 32.2. The summed E-state index contributed by atoms with van der Waals surface area (Å²) in [5, 5.41) is 15.8. The maximum atomic E-state index is 13.1. The van der Waals surface area contributed by atoms with Crippen molar-refractivity contribution >= 4 is 41.9 Å². The van der Waals surface area contributed by atoms with Gasteiger partial charge >= 0.3 is 0 Å². The van der Waals surface area contributed by atoms with Gasteiger partial charge in [0, 0.05) is 53.3 Å². The summed E-state index contributed by atoms with van der Waals surface area (Å²) in [6.07, 6.45) is 10.1. The molecule has 2 aliphatic rings. The molecular formula is C22H30N6O4S2. The molecule has 1 aliphatic carbocycles. The summed E-state index contributed by atoms with van der Waals surface area (Å²) < 4.78 is 50.6. The number of nitrogens with one attached hydrogen (secondary N) is 1. The molecule has 3 aromatic rings. The van der Waals surface area contributed by atoms with Gasteiger partial charge in [-0.15, -0.1) is 0 Å². The average molecular weight is 507 g/mol. The van der Waals surface area contributed by atoms with Crippen LogP contribution in [0.3, 0.4) is 0 Å². The number of nitrogens with two attached hydrogens (primary N) is 1. The lowest BCUT2D eigenvalue weighted by molar-refractivity contribution is 0.276. The fourth-order valence-corrected chi connectivity index (χ4v) is 8.58. The number of piperidine rings is 1. The van der Waals surface area contributed by atoms with Crippen molar-refractivity contribution in [1.29, 1.82) is 0 Å². The van der Waals surface area contributed by atoms with Gasteiger partial charge in [0.1, 0.15) is 0 Å². The van der Waals surface area contributed by atoms with Crippen molar-refractivity contribution in [3.8, 4) is 0 Å². The molecule has 1 aliphatic heterocycles. The topological polar surface area (TPSA) is 152 Å². The molecule has 3 aromatic heterocycles. The molecule has 3 N–H and O–H groups in total. The largest absolute Gasteiger partial charge is 0.282 e. The smallest absolute Gasteiger partial charge is 0.214 e. The van der Waals surface area contributed by atoms with Gasteiger partial charge in [-0.3, -0.25) is 5.10 Å². The Morgan fingerprint density at radius 3 is 2.56 bits per heavy atom. The Bertz CT molecular complexity index is 1400. The maximum absolute atomic E-state index is 13.1. The van der Waals surface area contributed by atoms with Crippen LogP contribution in [0.2, 0.25) is 0 Å². The first-order chi connectivity index (χ1) is 16.2. The normalized spacial score (nSPS) is 25.1. The first kappa shape index (κ1) is 23.6. The Hall–Kier alpha value is -2.15. The van der Waals surface area contributed by atoms with Crippen molar-refractivity contribution in [1.82, 2.24) is 24.5 Å². The molecule has 34 heavy (non-hydrogen) atoms. The number of primary sulfonamides is 1. The molecule has 5 rings (SSSR count). The molecule has 12 heteroatoms. The Morgan fingerprint density at radius 1 is 1.00 bits per heavy atom. The van der Waals surface area contributed by atoms with Gasteiger partial charge in [0.25, 0.3) is 0 Å². The minimum Gasteiger partial charge on any atom is -0.282 e. The van der Waals surface area contributed by atoms with Crippen LogP contribution in [0.4, 0.5) is 0 Å². The molecule has 0 amide bonds. The summed E-state index contributed by atoms with van der Waals surface area (Å²) in [7, 11) is -7.06. The average Bonchev–Trinajstić information content (AvgIpc) is 3.27. The molecule has 184 valence electrons. The van der Waals surface area contributed by atoms with E-state index in [9.17, 15) is 16.8 Å². The number of rotatable bonds is 6. The second-order valence-corrected chi connectivity index (χ2v) is 13.4. The SMILES string of the molecule is NS(=O)(=O)CC1CCCN(S(=O)(=O)CC2CCC(c3[nH]ncc4cnc5nccc5c34)CC2)C1. The van der Waals surface area contributed by atoms with Gasteiger partial charge in [-0.25, -0.2) is 36.2 Å². The first-order valence-electron chi connectivity index (χ1n) is 11.7. The van der Waals surface area contributed by atoms with E-state index >= 15 is 0 Å². The first-order valence-corrected chi connectivity index (χ1v) is 15.1. The Balaban J connectivity index is 1.26. The number of fused-ring (bicyclic) bond motifs is 3. The third-order valence-electron chi connectivity index (χ3n) is 7.27. The molecule has 10 nitrogen and oxygen atoms in total. The van der Waals surface area contributed by atoms with E-state index < -0.39 is 20.0 Å². The third-order valence-corrected chi connectivity index (χ3v) is 10.2. The van der Waals surface area contributed by atoms with Crippen molar-refractivity contribution < 1.29 is 16.8 Å². The van der Waals surface area contributed by atoms with Crippen LogP contribution in [-0.4, -0.2) is 65.9 Å². The highest BCUT2D eigenvalue weighted by Crippen LogP contribution is 2.39. The quantitative estimate of drug-likeness (QED) is 0.519. The molecule has 0 aromatic carbocycles. The Labute approximate surface area is 199 Å². The van der Waals surface area contributed by atoms with Gasteiger partial charge < -0.3 is 0 Å². The number of H-pyrrole nitrogens is 1. The fourth-order valence-electron chi connectivity index (χ4n) is 5.66. The molecule has 1 saturated carbocycles. The number of aromatic amines is 1. The van der Waals surface area contributed by atoms with Crippen molar-refractivity contribution in [3.05, 3.63) is 30.4 Å². The summed E-state index contributed by atoms with van der Waals surface area (Å²) in [4.78, 5) is 8.72. The number of hydrogen-bond donors (Lipinski definition) is 2. The van der Waals surface area contributed by atoms with Crippen LogP contribution < -0.4 is 5.14 Å². The minimum absolute atomic E-state index is 0.0880. The second kappa shape index (κ2) is 9.14. The van der Waals surface area contributed by atoms with E-state index in [0.717, 1.165) is 53.2 Å². The number of pyridine rings is 1. The molecule has 4 heterocycles. The van der Waals surface area contributed by atoms with Crippen molar-refractivity contribution in [2.45, 2.75) is 44.4 Å². The predicted molar refractivity (Wildman–Crippen MR) is 130 cm³/mol. The monoisotopic (exact) mass is 506 g/mol. The second-order valence-electron chi connectivity index (χ2n) is 9.75. The lowest BCUT2D eigenvalue weighted by Gasteiger charge is -2.34. The molecule has 2 fully saturated rings. The van der Waals surface area contributed by atoms with E-state index in [1.165, 1.54) is 4.31 Å². The number of hydrogen-bond acceptors (Lipinski definition) is 7. The molecule has 1 saturated heterocycles. The van der Waals surface area contributed by atoms with Gasteiger partial charge in [0.2, 0.25) is 20.0 Å². The van der Waals surface area contributed by atoms with Crippen LogP contribution in [-0.2, 0) is 20.0 Å². The zero-order valence-corrected chi connectivity index (χ0v) is 20.6. The third kappa shape index (κ3) is 4.95. The molecule has 0 bridgehead atoms. The van der Waals surface area contributed by atoms with E-state index in [1.54, 1.807) is 18.6 Å². The van der Waals surface area contributed by atoms with Crippen molar-refractivity contribution in [3.63, 3.8) is 0 Å². The van der Waals surface area contributed by atoms with Crippen LogP contribution in [0.15, 0.2) is 24.7 Å². The van der Waals surface area contributed by atoms with E-state index in [4.69, 9.17) is 5.14 Å².